The van der Waals surface area contributed by atoms with Crippen molar-refractivity contribution in [3.63, 3.8) is 0 Å². The van der Waals surface area contributed by atoms with Crippen LogP contribution in [0.5, 0.6) is 5.75 Å². The quantitative estimate of drug-likeness (QED) is 0.863. The van der Waals surface area contributed by atoms with Gasteiger partial charge < -0.3 is 14.7 Å². The Labute approximate surface area is 116 Å². The van der Waals surface area contributed by atoms with Crippen molar-refractivity contribution in [1.82, 2.24) is 4.90 Å². The molecule has 0 saturated heterocycles. The molecule has 1 saturated carbocycles. The van der Waals surface area contributed by atoms with Crippen LogP contribution in [0.3, 0.4) is 0 Å². The second-order valence-electron chi connectivity index (χ2n) is 4.87. The molecule has 5 nitrogen and oxygen atoms in total. The summed E-state index contributed by atoms with van der Waals surface area (Å²) in [5.74, 6) is -1.77. The number of ether oxygens (including phenoxy) is 1. The van der Waals surface area contributed by atoms with Crippen molar-refractivity contribution in [2.75, 3.05) is 20.2 Å². The summed E-state index contributed by atoms with van der Waals surface area (Å²) in [5, 5.41) is 8.86. The minimum Gasteiger partial charge on any atom is -0.494 e. The summed E-state index contributed by atoms with van der Waals surface area (Å²) in [5.41, 5.74) is 0.130. The van der Waals surface area contributed by atoms with E-state index in [1.54, 1.807) is 0 Å². The summed E-state index contributed by atoms with van der Waals surface area (Å²) in [6.45, 7) is 0.0295. The zero-order valence-corrected chi connectivity index (χ0v) is 11.1. The number of aliphatic carboxylic acids is 1. The van der Waals surface area contributed by atoms with E-state index in [1.165, 1.54) is 24.1 Å². The lowest BCUT2D eigenvalue weighted by atomic mass is 10.1. The lowest BCUT2D eigenvalue weighted by molar-refractivity contribution is -0.137. The molecule has 0 aromatic heterocycles. The molecule has 0 atom stereocenters. The van der Waals surface area contributed by atoms with Gasteiger partial charge in [0, 0.05) is 12.1 Å². The molecule has 1 fully saturated rings. The Morgan fingerprint density at radius 2 is 2.15 bits per heavy atom. The average Bonchev–Trinajstić information content (AvgIpc) is 3.20. The molecule has 6 heteroatoms. The van der Waals surface area contributed by atoms with Crippen LogP contribution >= 0.6 is 0 Å². The van der Waals surface area contributed by atoms with Crippen molar-refractivity contribution in [3.8, 4) is 5.75 Å². The van der Waals surface area contributed by atoms with Crippen LogP contribution < -0.4 is 4.74 Å². The highest BCUT2D eigenvalue weighted by Gasteiger charge is 2.28. The maximum absolute atomic E-state index is 13.6. The van der Waals surface area contributed by atoms with Crippen LogP contribution in [0.1, 0.15) is 23.2 Å². The molecular weight excluding hydrogens is 265 g/mol. The van der Waals surface area contributed by atoms with Crippen LogP contribution in [0.15, 0.2) is 18.2 Å². The molecule has 0 heterocycles. The van der Waals surface area contributed by atoms with E-state index < -0.39 is 17.7 Å². The first-order chi connectivity index (χ1) is 9.51. The van der Waals surface area contributed by atoms with Gasteiger partial charge in [0.25, 0.3) is 5.91 Å². The molecule has 1 amide bonds. The second-order valence-corrected chi connectivity index (χ2v) is 4.87. The zero-order valence-electron chi connectivity index (χ0n) is 11.1. The first-order valence-corrected chi connectivity index (χ1v) is 6.36. The molecule has 2 rings (SSSR count). The van der Waals surface area contributed by atoms with Crippen molar-refractivity contribution in [2.45, 2.75) is 12.8 Å². The molecule has 0 unspecified atom stereocenters. The number of halogens is 1. The maximum atomic E-state index is 13.6. The fraction of sp³-hybridized carbons (Fsp3) is 0.429. The molecule has 1 aromatic rings. The van der Waals surface area contributed by atoms with Crippen LogP contribution in [0.2, 0.25) is 0 Å². The van der Waals surface area contributed by atoms with Crippen LogP contribution in [0.4, 0.5) is 4.39 Å². The topological polar surface area (TPSA) is 66.8 Å². The highest BCUT2D eigenvalue weighted by Crippen LogP contribution is 2.30. The molecule has 20 heavy (non-hydrogen) atoms. The normalized spacial score (nSPS) is 13.9. The van der Waals surface area contributed by atoms with E-state index >= 15 is 0 Å². The summed E-state index contributed by atoms with van der Waals surface area (Å²) in [6.07, 6.45) is 2.00. The lowest BCUT2D eigenvalue weighted by Gasteiger charge is -2.20. The number of amides is 1. The van der Waals surface area contributed by atoms with Gasteiger partial charge in [-0.3, -0.25) is 9.59 Å². The minimum atomic E-state index is -1.08. The van der Waals surface area contributed by atoms with Crippen LogP contribution in [-0.2, 0) is 4.79 Å². The van der Waals surface area contributed by atoms with E-state index in [1.807, 2.05) is 0 Å². The van der Waals surface area contributed by atoms with Crippen LogP contribution in [-0.4, -0.2) is 42.1 Å². The summed E-state index contributed by atoms with van der Waals surface area (Å²) >= 11 is 0. The zero-order chi connectivity index (χ0) is 14.7. The van der Waals surface area contributed by atoms with Gasteiger partial charge in [0.15, 0.2) is 11.6 Å². The Morgan fingerprint density at radius 3 is 2.65 bits per heavy atom. The Balaban J connectivity index is 2.16. The highest BCUT2D eigenvalue weighted by atomic mass is 19.1. The molecule has 1 aromatic carbocycles. The van der Waals surface area contributed by atoms with Gasteiger partial charge in [-0.2, -0.15) is 0 Å². The smallest absolute Gasteiger partial charge is 0.323 e. The van der Waals surface area contributed by atoms with Crippen LogP contribution in [0.25, 0.3) is 0 Å². The summed E-state index contributed by atoms with van der Waals surface area (Å²) in [4.78, 5) is 24.3. The van der Waals surface area contributed by atoms with Gasteiger partial charge in [-0.1, -0.05) is 0 Å². The van der Waals surface area contributed by atoms with E-state index in [0.29, 0.717) is 12.5 Å². The number of carbonyl (C=O) groups is 2. The number of carboxylic acid groups (broad SMARTS) is 1. The van der Waals surface area contributed by atoms with Gasteiger partial charge in [-0.15, -0.1) is 0 Å². The standard InChI is InChI=1S/C14H16FNO4/c1-20-12-5-4-10(6-11(12)15)14(19)16(8-13(17)18)7-9-2-3-9/h4-6,9H,2-3,7-8H2,1H3,(H,17,18). The van der Waals surface area contributed by atoms with E-state index in [2.05, 4.69) is 0 Å². The molecule has 108 valence electrons. The Hall–Kier alpha value is -2.11. The third-order valence-corrected chi connectivity index (χ3v) is 3.19. The second kappa shape index (κ2) is 5.90. The van der Waals surface area contributed by atoms with Crippen molar-refractivity contribution < 1.29 is 23.8 Å². The first-order valence-electron chi connectivity index (χ1n) is 6.36. The molecule has 0 radical (unpaired) electrons. The predicted octanol–water partition coefficient (Wildman–Crippen LogP) is 1.77. The molecule has 0 bridgehead atoms. The number of carbonyl (C=O) groups excluding carboxylic acids is 1. The van der Waals surface area contributed by atoms with Crippen molar-refractivity contribution in [3.05, 3.63) is 29.6 Å². The number of nitrogens with zero attached hydrogens (tertiary/aromatic N) is 1. The highest BCUT2D eigenvalue weighted by molar-refractivity contribution is 5.96. The number of methoxy groups -OCH3 is 1. The van der Waals surface area contributed by atoms with Crippen molar-refractivity contribution >= 4 is 11.9 Å². The van der Waals surface area contributed by atoms with Crippen molar-refractivity contribution in [1.29, 1.82) is 0 Å². The van der Waals surface area contributed by atoms with Gasteiger partial charge in [0.05, 0.1) is 7.11 Å². The first kappa shape index (κ1) is 14.3. The lowest BCUT2D eigenvalue weighted by Crippen LogP contribution is -2.37. The van der Waals surface area contributed by atoms with E-state index in [-0.39, 0.29) is 17.9 Å². The molecule has 1 aliphatic carbocycles. The summed E-state index contributed by atoms with van der Waals surface area (Å²) in [6, 6.07) is 3.87. The Bertz CT molecular complexity index is 528. The third-order valence-electron chi connectivity index (χ3n) is 3.19. The number of hydrogen-bond donors (Lipinski definition) is 1. The van der Waals surface area contributed by atoms with E-state index in [9.17, 15) is 14.0 Å². The fourth-order valence-electron chi connectivity index (χ4n) is 1.98. The van der Waals surface area contributed by atoms with Gasteiger partial charge >= 0.3 is 5.97 Å². The third kappa shape index (κ3) is 3.46. The van der Waals surface area contributed by atoms with Crippen molar-refractivity contribution in [2.24, 2.45) is 5.92 Å². The maximum Gasteiger partial charge on any atom is 0.323 e. The number of benzene rings is 1. The molecule has 0 aliphatic heterocycles. The minimum absolute atomic E-state index is 0.0496. The Morgan fingerprint density at radius 1 is 1.45 bits per heavy atom. The van der Waals surface area contributed by atoms with Gasteiger partial charge in [-0.05, 0) is 37.0 Å². The summed E-state index contributed by atoms with van der Waals surface area (Å²) < 4.78 is 18.4. The molecule has 1 N–H and O–H groups in total. The fourth-order valence-corrected chi connectivity index (χ4v) is 1.98. The number of rotatable bonds is 6. The number of hydrogen-bond acceptors (Lipinski definition) is 3. The van der Waals surface area contributed by atoms with Gasteiger partial charge in [-0.25, -0.2) is 4.39 Å². The summed E-state index contributed by atoms with van der Waals surface area (Å²) in [7, 11) is 1.34. The predicted molar refractivity (Wildman–Crippen MR) is 69.2 cm³/mol. The van der Waals surface area contributed by atoms with E-state index in [4.69, 9.17) is 9.84 Å². The Kier molecular flexibility index (Phi) is 4.22. The SMILES string of the molecule is COc1ccc(C(=O)N(CC(=O)O)CC2CC2)cc1F. The monoisotopic (exact) mass is 281 g/mol. The van der Waals surface area contributed by atoms with Gasteiger partial charge in [0.1, 0.15) is 6.54 Å². The largest absolute Gasteiger partial charge is 0.494 e. The average molecular weight is 281 g/mol. The van der Waals surface area contributed by atoms with Gasteiger partial charge in [0.2, 0.25) is 0 Å². The molecule has 0 spiro atoms. The molecule has 1 aliphatic rings. The number of carboxylic acids is 1. The van der Waals surface area contributed by atoms with E-state index in [0.717, 1.165) is 18.9 Å². The molecular formula is C14H16FNO4. The van der Waals surface area contributed by atoms with Crippen LogP contribution in [0, 0.1) is 11.7 Å².